The first-order valence-corrected chi connectivity index (χ1v) is 7.61. The summed E-state index contributed by atoms with van der Waals surface area (Å²) < 4.78 is 29.4. The molecule has 0 radical (unpaired) electrons. The molecule has 0 aliphatic rings. The first kappa shape index (κ1) is 15.1. The summed E-state index contributed by atoms with van der Waals surface area (Å²) in [5.41, 5.74) is 0.448. The maximum atomic E-state index is 11.8. The third kappa shape index (κ3) is 3.09. The van der Waals surface area contributed by atoms with E-state index < -0.39 is 21.0 Å². The lowest BCUT2D eigenvalue weighted by molar-refractivity contribution is 0.0521. The van der Waals surface area contributed by atoms with Crippen LogP contribution < -0.4 is 5.14 Å². The van der Waals surface area contributed by atoms with Gasteiger partial charge >= 0.3 is 5.97 Å². The topological polar surface area (TPSA) is 117 Å². The van der Waals surface area contributed by atoms with Crippen molar-refractivity contribution in [1.29, 1.82) is 0 Å². The number of hydrogen-bond acceptors (Lipinski definition) is 6. The van der Waals surface area contributed by atoms with Crippen molar-refractivity contribution in [1.82, 2.24) is 14.8 Å². The van der Waals surface area contributed by atoms with Crippen molar-refractivity contribution in [3.05, 3.63) is 35.7 Å². The van der Waals surface area contributed by atoms with E-state index in [1.807, 2.05) is 0 Å². The Kier molecular flexibility index (Phi) is 4.05. The van der Waals surface area contributed by atoms with E-state index in [1.165, 1.54) is 0 Å². The van der Waals surface area contributed by atoms with Gasteiger partial charge in [-0.15, -0.1) is 0 Å². The third-order valence-electron chi connectivity index (χ3n) is 2.58. The van der Waals surface area contributed by atoms with E-state index >= 15 is 0 Å². The molecule has 0 aliphatic heterocycles. The van der Waals surface area contributed by atoms with Crippen LogP contribution in [0.3, 0.4) is 0 Å². The zero-order chi connectivity index (χ0) is 15.6. The standard InChI is InChI=1S/C12H14N4O4S/c1-3-20-12(17)9-7-14-16(11(9)21(13,18)19)10-6-4-5-8(2)15-10/h4-7H,3H2,1-2H3,(H2,13,18,19). The normalized spacial score (nSPS) is 11.4. The molecular weight excluding hydrogens is 296 g/mol. The van der Waals surface area contributed by atoms with Crippen LogP contribution in [0.4, 0.5) is 0 Å². The highest BCUT2D eigenvalue weighted by molar-refractivity contribution is 7.89. The Morgan fingerprint density at radius 3 is 2.71 bits per heavy atom. The van der Waals surface area contributed by atoms with Crippen LogP contribution in [0.1, 0.15) is 23.0 Å². The van der Waals surface area contributed by atoms with Gasteiger partial charge in [0.25, 0.3) is 10.0 Å². The van der Waals surface area contributed by atoms with Crippen molar-refractivity contribution in [3.63, 3.8) is 0 Å². The maximum absolute atomic E-state index is 11.8. The first-order valence-electron chi connectivity index (χ1n) is 6.06. The number of aryl methyl sites for hydroxylation is 1. The van der Waals surface area contributed by atoms with Gasteiger partial charge in [-0.05, 0) is 26.0 Å². The number of rotatable bonds is 4. The lowest BCUT2D eigenvalue weighted by atomic mass is 10.3. The Hall–Kier alpha value is -2.26. The minimum absolute atomic E-state index is 0.108. The Morgan fingerprint density at radius 2 is 2.14 bits per heavy atom. The third-order valence-corrected chi connectivity index (χ3v) is 3.51. The first-order chi connectivity index (χ1) is 9.84. The fraction of sp³-hybridized carbons (Fsp3) is 0.250. The molecule has 0 aromatic carbocycles. The second-order valence-electron chi connectivity index (χ2n) is 4.18. The van der Waals surface area contributed by atoms with E-state index in [9.17, 15) is 13.2 Å². The van der Waals surface area contributed by atoms with Gasteiger partial charge in [-0.3, -0.25) is 0 Å². The number of esters is 1. The second-order valence-corrected chi connectivity index (χ2v) is 5.65. The molecule has 21 heavy (non-hydrogen) atoms. The summed E-state index contributed by atoms with van der Waals surface area (Å²) in [4.78, 5) is 16.0. The largest absolute Gasteiger partial charge is 0.462 e. The van der Waals surface area contributed by atoms with Crippen LogP contribution in [0.5, 0.6) is 0 Å². The number of hydrogen-bond donors (Lipinski definition) is 1. The average molecular weight is 310 g/mol. The lowest BCUT2D eigenvalue weighted by Gasteiger charge is -2.07. The van der Waals surface area contributed by atoms with E-state index in [4.69, 9.17) is 9.88 Å². The van der Waals surface area contributed by atoms with Crippen molar-refractivity contribution in [2.45, 2.75) is 18.9 Å². The summed E-state index contributed by atoms with van der Waals surface area (Å²) in [6.07, 6.45) is 1.10. The second kappa shape index (κ2) is 5.62. The molecule has 0 spiro atoms. The minimum atomic E-state index is -4.19. The van der Waals surface area contributed by atoms with Crippen molar-refractivity contribution in [2.24, 2.45) is 5.14 Å². The zero-order valence-corrected chi connectivity index (χ0v) is 12.3. The molecule has 8 nitrogen and oxygen atoms in total. The number of pyridine rings is 1. The molecule has 0 saturated heterocycles. The number of carbonyl (C=O) groups is 1. The van der Waals surface area contributed by atoms with Gasteiger partial charge in [-0.1, -0.05) is 6.07 Å². The van der Waals surface area contributed by atoms with Crippen molar-refractivity contribution in [3.8, 4) is 5.82 Å². The summed E-state index contributed by atoms with van der Waals surface area (Å²) >= 11 is 0. The van der Waals surface area contributed by atoms with Crippen LogP contribution in [-0.4, -0.2) is 35.8 Å². The molecule has 2 aromatic heterocycles. The number of sulfonamides is 1. The van der Waals surface area contributed by atoms with Crippen molar-refractivity contribution < 1.29 is 17.9 Å². The van der Waals surface area contributed by atoms with Gasteiger partial charge in [-0.25, -0.2) is 28.0 Å². The molecule has 112 valence electrons. The predicted molar refractivity (Wildman–Crippen MR) is 73.4 cm³/mol. The van der Waals surface area contributed by atoms with Gasteiger partial charge in [0.1, 0.15) is 5.56 Å². The molecule has 2 rings (SSSR count). The van der Waals surface area contributed by atoms with Crippen LogP contribution in [0.25, 0.3) is 5.82 Å². The van der Waals surface area contributed by atoms with E-state index in [-0.39, 0.29) is 18.0 Å². The van der Waals surface area contributed by atoms with Crippen LogP contribution in [0.15, 0.2) is 29.4 Å². The fourth-order valence-corrected chi connectivity index (χ4v) is 2.59. The van der Waals surface area contributed by atoms with E-state index in [0.717, 1.165) is 10.9 Å². The van der Waals surface area contributed by atoms with Gasteiger partial charge in [0.05, 0.1) is 12.8 Å². The minimum Gasteiger partial charge on any atom is -0.462 e. The average Bonchev–Trinajstić information content (AvgIpc) is 2.83. The molecular formula is C12H14N4O4S. The van der Waals surface area contributed by atoms with E-state index in [1.54, 1.807) is 32.0 Å². The number of ether oxygens (including phenoxy) is 1. The Morgan fingerprint density at radius 1 is 1.43 bits per heavy atom. The summed E-state index contributed by atoms with van der Waals surface area (Å²) in [6.45, 7) is 3.47. The number of nitrogens with zero attached hydrogens (tertiary/aromatic N) is 3. The Bertz CT molecular complexity index is 782. The number of nitrogens with two attached hydrogens (primary N) is 1. The molecule has 0 atom stereocenters. The van der Waals surface area contributed by atoms with Crippen LogP contribution in [0, 0.1) is 6.92 Å². The summed E-state index contributed by atoms with van der Waals surface area (Å²) in [5.74, 6) is -0.560. The monoisotopic (exact) mass is 310 g/mol. The van der Waals surface area contributed by atoms with E-state index in [0.29, 0.717) is 5.69 Å². The summed E-state index contributed by atoms with van der Waals surface area (Å²) in [7, 11) is -4.19. The van der Waals surface area contributed by atoms with Crippen molar-refractivity contribution in [2.75, 3.05) is 6.61 Å². The predicted octanol–water partition coefficient (Wildman–Crippen LogP) is 0.400. The van der Waals surface area contributed by atoms with Crippen molar-refractivity contribution >= 4 is 16.0 Å². The van der Waals surface area contributed by atoms with Gasteiger partial charge in [-0.2, -0.15) is 5.10 Å². The van der Waals surface area contributed by atoms with Crippen LogP contribution >= 0.6 is 0 Å². The molecule has 2 N–H and O–H groups in total. The molecule has 0 aliphatic carbocycles. The highest BCUT2D eigenvalue weighted by Crippen LogP contribution is 2.19. The Balaban J connectivity index is 2.66. The van der Waals surface area contributed by atoms with Crippen LogP contribution in [-0.2, 0) is 14.8 Å². The maximum Gasteiger partial charge on any atom is 0.342 e. The quantitative estimate of drug-likeness (QED) is 0.817. The smallest absolute Gasteiger partial charge is 0.342 e. The molecule has 0 amide bonds. The van der Waals surface area contributed by atoms with Crippen LogP contribution in [0.2, 0.25) is 0 Å². The zero-order valence-electron chi connectivity index (χ0n) is 11.5. The van der Waals surface area contributed by atoms with Gasteiger partial charge in [0, 0.05) is 5.69 Å². The highest BCUT2D eigenvalue weighted by Gasteiger charge is 2.27. The SMILES string of the molecule is CCOC(=O)c1cnn(-c2cccc(C)n2)c1S(N)(=O)=O. The number of primary sulfonamides is 1. The highest BCUT2D eigenvalue weighted by atomic mass is 32.2. The molecule has 0 unspecified atom stereocenters. The molecule has 2 aromatic rings. The summed E-state index contributed by atoms with van der Waals surface area (Å²) in [5, 5.41) is 8.63. The molecule has 9 heteroatoms. The molecule has 2 heterocycles. The Labute approximate surface area is 121 Å². The van der Waals surface area contributed by atoms with Gasteiger partial charge < -0.3 is 4.74 Å². The summed E-state index contributed by atoms with van der Waals surface area (Å²) in [6, 6.07) is 5.00. The van der Waals surface area contributed by atoms with Gasteiger partial charge in [0.2, 0.25) is 0 Å². The molecule has 0 saturated carbocycles. The van der Waals surface area contributed by atoms with E-state index in [2.05, 4.69) is 10.1 Å². The fourth-order valence-electron chi connectivity index (χ4n) is 1.77. The molecule has 0 bridgehead atoms. The number of aromatic nitrogens is 3. The molecule has 0 fully saturated rings. The van der Waals surface area contributed by atoms with Gasteiger partial charge in [0.15, 0.2) is 10.8 Å². The number of carbonyl (C=O) groups excluding carboxylic acids is 1. The lowest BCUT2D eigenvalue weighted by Crippen LogP contribution is -2.21.